The lowest BCUT2D eigenvalue weighted by atomic mass is 10.0. The summed E-state index contributed by atoms with van der Waals surface area (Å²) in [6.45, 7) is 0. The van der Waals surface area contributed by atoms with Gasteiger partial charge >= 0.3 is 0 Å². The number of hydrogen-bond acceptors (Lipinski definition) is 2. The molecule has 0 aliphatic rings. The molecule has 1 aromatic rings. The molecule has 0 bridgehead atoms. The Morgan fingerprint density at radius 1 is 1.47 bits per heavy atom. The summed E-state index contributed by atoms with van der Waals surface area (Å²) in [7, 11) is 0. The van der Waals surface area contributed by atoms with Gasteiger partial charge in [-0.05, 0) is 6.07 Å². The smallest absolute Gasteiger partial charge is 0.264 e. The van der Waals surface area contributed by atoms with Crippen LogP contribution in [0.2, 0.25) is 0 Å². The predicted molar refractivity (Wildman–Crippen MR) is 55.8 cm³/mol. The number of benzene rings is 1. The van der Waals surface area contributed by atoms with Crippen molar-refractivity contribution in [3.05, 3.63) is 29.3 Å². The van der Waals surface area contributed by atoms with E-state index in [-0.39, 0.29) is 12.0 Å². The van der Waals surface area contributed by atoms with Crippen molar-refractivity contribution in [2.75, 3.05) is 5.33 Å². The van der Waals surface area contributed by atoms with Crippen molar-refractivity contribution in [2.45, 2.75) is 12.8 Å². The molecule has 0 amide bonds. The third kappa shape index (κ3) is 2.75. The molecule has 0 heterocycles. The molecule has 1 rings (SSSR count). The summed E-state index contributed by atoms with van der Waals surface area (Å²) in [6.07, 6.45) is -2.68. The van der Waals surface area contributed by atoms with Gasteiger partial charge in [0.1, 0.15) is 5.75 Å². The van der Waals surface area contributed by atoms with Gasteiger partial charge < -0.3 is 5.11 Å². The molecule has 0 atom stereocenters. The van der Waals surface area contributed by atoms with Crippen molar-refractivity contribution in [3.8, 4) is 5.75 Å². The van der Waals surface area contributed by atoms with E-state index in [1.807, 2.05) is 0 Å². The summed E-state index contributed by atoms with van der Waals surface area (Å²) in [6, 6.07) is 3.67. The maximum Gasteiger partial charge on any atom is 0.264 e. The molecule has 1 N–H and O–H groups in total. The molecule has 0 radical (unpaired) electrons. The molecule has 15 heavy (non-hydrogen) atoms. The molecular weight excluding hydrogens is 270 g/mol. The standard InChI is InChI=1S/C10H9BrF2O2/c11-5-4-8(15)9-6(10(12)13)2-1-3-7(9)14/h1-3,10,14H,4-5H2. The first-order valence-corrected chi connectivity index (χ1v) is 5.39. The number of phenolic OH excluding ortho intramolecular Hbond substituents is 1. The van der Waals surface area contributed by atoms with Crippen LogP contribution in [-0.4, -0.2) is 16.2 Å². The van der Waals surface area contributed by atoms with Crippen molar-refractivity contribution in [3.63, 3.8) is 0 Å². The molecule has 0 aromatic heterocycles. The van der Waals surface area contributed by atoms with Crippen molar-refractivity contribution in [2.24, 2.45) is 0 Å². The number of hydrogen-bond donors (Lipinski definition) is 1. The summed E-state index contributed by atoms with van der Waals surface area (Å²) in [4.78, 5) is 11.5. The molecule has 0 aliphatic heterocycles. The Kier molecular flexibility index (Phi) is 4.20. The van der Waals surface area contributed by atoms with E-state index in [4.69, 9.17) is 0 Å². The number of ketones is 1. The lowest BCUT2D eigenvalue weighted by Crippen LogP contribution is -2.05. The molecule has 82 valence electrons. The van der Waals surface area contributed by atoms with E-state index in [0.29, 0.717) is 5.33 Å². The fourth-order valence-corrected chi connectivity index (χ4v) is 1.61. The number of halogens is 3. The number of carbonyl (C=O) groups excluding carboxylic acids is 1. The van der Waals surface area contributed by atoms with Crippen LogP contribution in [0.3, 0.4) is 0 Å². The first-order chi connectivity index (χ1) is 7.07. The molecule has 0 fully saturated rings. The molecule has 1 aromatic carbocycles. The van der Waals surface area contributed by atoms with Gasteiger partial charge in [-0.25, -0.2) is 8.78 Å². The summed E-state index contributed by atoms with van der Waals surface area (Å²) in [5, 5.41) is 9.75. The highest BCUT2D eigenvalue weighted by Gasteiger charge is 2.20. The van der Waals surface area contributed by atoms with Gasteiger partial charge in [-0.2, -0.15) is 0 Å². The van der Waals surface area contributed by atoms with Crippen LogP contribution in [0.1, 0.15) is 28.8 Å². The fraction of sp³-hybridized carbons (Fsp3) is 0.300. The maximum atomic E-state index is 12.5. The Bertz CT molecular complexity index is 366. The van der Waals surface area contributed by atoms with Gasteiger partial charge in [0.05, 0.1) is 5.56 Å². The van der Waals surface area contributed by atoms with Gasteiger partial charge in [0.15, 0.2) is 5.78 Å². The third-order valence-electron chi connectivity index (χ3n) is 1.91. The van der Waals surface area contributed by atoms with Crippen LogP contribution in [0.4, 0.5) is 8.78 Å². The highest BCUT2D eigenvalue weighted by molar-refractivity contribution is 9.09. The van der Waals surface area contributed by atoms with E-state index in [1.54, 1.807) is 0 Å². The van der Waals surface area contributed by atoms with Crippen LogP contribution in [0.5, 0.6) is 5.75 Å². The number of carbonyl (C=O) groups is 1. The maximum absolute atomic E-state index is 12.5. The minimum atomic E-state index is -2.76. The number of phenols is 1. The summed E-state index contributed by atoms with van der Waals surface area (Å²) in [5.41, 5.74) is -0.687. The van der Waals surface area contributed by atoms with Crippen molar-refractivity contribution < 1.29 is 18.7 Å². The predicted octanol–water partition coefficient (Wildman–Crippen LogP) is 3.30. The van der Waals surface area contributed by atoms with Gasteiger partial charge in [-0.3, -0.25) is 4.79 Å². The average Bonchev–Trinajstić information content (AvgIpc) is 2.17. The van der Waals surface area contributed by atoms with Crippen LogP contribution in [0.25, 0.3) is 0 Å². The topological polar surface area (TPSA) is 37.3 Å². The minimum Gasteiger partial charge on any atom is -0.507 e. The quantitative estimate of drug-likeness (QED) is 0.678. The van der Waals surface area contributed by atoms with E-state index in [2.05, 4.69) is 15.9 Å². The SMILES string of the molecule is O=C(CCBr)c1c(O)cccc1C(F)F. The molecular formula is C10H9BrF2O2. The van der Waals surface area contributed by atoms with Crippen LogP contribution in [0.15, 0.2) is 18.2 Å². The van der Waals surface area contributed by atoms with Crippen molar-refractivity contribution >= 4 is 21.7 Å². The Morgan fingerprint density at radius 2 is 2.13 bits per heavy atom. The zero-order valence-corrected chi connectivity index (χ0v) is 9.30. The lowest BCUT2D eigenvalue weighted by Gasteiger charge is -2.08. The Morgan fingerprint density at radius 3 is 2.67 bits per heavy atom. The van der Waals surface area contributed by atoms with Gasteiger partial charge in [0, 0.05) is 17.3 Å². The molecule has 0 spiro atoms. The van der Waals surface area contributed by atoms with Gasteiger partial charge in [-0.1, -0.05) is 28.1 Å². The highest BCUT2D eigenvalue weighted by Crippen LogP contribution is 2.30. The average molecular weight is 279 g/mol. The van der Waals surface area contributed by atoms with E-state index in [1.165, 1.54) is 12.1 Å². The summed E-state index contributed by atoms with van der Waals surface area (Å²) < 4.78 is 25.1. The normalized spacial score (nSPS) is 10.7. The fourth-order valence-electron chi connectivity index (χ4n) is 1.25. The van der Waals surface area contributed by atoms with Crippen LogP contribution in [0, 0.1) is 0 Å². The zero-order chi connectivity index (χ0) is 11.4. The third-order valence-corrected chi connectivity index (χ3v) is 2.31. The zero-order valence-electron chi connectivity index (χ0n) is 7.71. The molecule has 2 nitrogen and oxygen atoms in total. The number of alkyl halides is 3. The van der Waals surface area contributed by atoms with Gasteiger partial charge in [-0.15, -0.1) is 0 Å². The summed E-state index contributed by atoms with van der Waals surface area (Å²) in [5.74, 6) is -0.876. The lowest BCUT2D eigenvalue weighted by molar-refractivity contribution is 0.0972. The van der Waals surface area contributed by atoms with E-state index < -0.39 is 23.5 Å². The number of aromatic hydroxyl groups is 1. The molecule has 0 saturated carbocycles. The minimum absolute atomic E-state index is 0.0806. The highest BCUT2D eigenvalue weighted by atomic mass is 79.9. The van der Waals surface area contributed by atoms with Crippen molar-refractivity contribution in [1.29, 1.82) is 0 Å². The van der Waals surface area contributed by atoms with Crippen LogP contribution in [-0.2, 0) is 0 Å². The van der Waals surface area contributed by atoms with Crippen LogP contribution < -0.4 is 0 Å². The monoisotopic (exact) mass is 278 g/mol. The largest absolute Gasteiger partial charge is 0.507 e. The van der Waals surface area contributed by atoms with Crippen molar-refractivity contribution in [1.82, 2.24) is 0 Å². The first-order valence-electron chi connectivity index (χ1n) is 4.27. The summed E-state index contributed by atoms with van der Waals surface area (Å²) >= 11 is 3.04. The van der Waals surface area contributed by atoms with Gasteiger partial charge in [0.2, 0.25) is 0 Å². The Labute approximate surface area is 94.0 Å². The molecule has 0 saturated heterocycles. The second-order valence-electron chi connectivity index (χ2n) is 2.90. The van der Waals surface area contributed by atoms with E-state index >= 15 is 0 Å². The van der Waals surface area contributed by atoms with Gasteiger partial charge in [0.25, 0.3) is 6.43 Å². The van der Waals surface area contributed by atoms with E-state index in [0.717, 1.165) is 6.07 Å². The number of rotatable bonds is 4. The van der Waals surface area contributed by atoms with E-state index in [9.17, 15) is 18.7 Å². The Hall–Kier alpha value is -0.970. The molecule has 0 aliphatic carbocycles. The second-order valence-corrected chi connectivity index (χ2v) is 3.70. The molecule has 5 heteroatoms. The van der Waals surface area contributed by atoms with Crippen LogP contribution >= 0.6 is 15.9 Å². The molecule has 0 unspecified atom stereocenters. The first kappa shape index (κ1) is 12.1. The Balaban J connectivity index is 3.18. The number of Topliss-reactive ketones (excluding diaryl/α,β-unsaturated/α-hetero) is 1. The second kappa shape index (κ2) is 5.21.